The van der Waals surface area contributed by atoms with Crippen molar-refractivity contribution in [3.05, 3.63) is 24.0 Å². The van der Waals surface area contributed by atoms with Gasteiger partial charge in [-0.15, -0.1) is 0 Å². The number of hydrogen-bond donors (Lipinski definition) is 4. The molecule has 1 saturated heterocycles. The maximum Gasteiger partial charge on any atom is 0.410 e. The first-order valence-corrected chi connectivity index (χ1v) is 6.14. The van der Waals surface area contributed by atoms with Crippen LogP contribution in [0.15, 0.2) is 18.2 Å². The molecule has 0 saturated carbocycles. The average molecular weight is 261 g/mol. The number of rotatable bonds is 2. The maximum absolute atomic E-state index is 10.9. The summed E-state index contributed by atoms with van der Waals surface area (Å²) in [7, 11) is 0. The van der Waals surface area contributed by atoms with Crippen molar-refractivity contribution in [2.45, 2.75) is 6.04 Å². The molecule has 1 atom stereocenters. The number of aromatic amines is 1. The molecule has 19 heavy (non-hydrogen) atoms. The van der Waals surface area contributed by atoms with Crippen molar-refractivity contribution in [3.8, 4) is 5.75 Å². The van der Waals surface area contributed by atoms with Crippen molar-refractivity contribution in [1.82, 2.24) is 20.6 Å². The van der Waals surface area contributed by atoms with Crippen molar-refractivity contribution >= 4 is 17.1 Å². The Labute approximate surface area is 109 Å². The van der Waals surface area contributed by atoms with Crippen LogP contribution < -0.4 is 21.1 Å². The summed E-state index contributed by atoms with van der Waals surface area (Å²) >= 11 is 0. The highest BCUT2D eigenvalue weighted by molar-refractivity contribution is 5.84. The van der Waals surface area contributed by atoms with Crippen LogP contribution in [0.1, 0.15) is 11.9 Å². The highest BCUT2D eigenvalue weighted by atomic mass is 16.5. The van der Waals surface area contributed by atoms with Crippen LogP contribution in [0.5, 0.6) is 5.75 Å². The smallest absolute Gasteiger partial charge is 0.408 e. The van der Waals surface area contributed by atoms with Gasteiger partial charge in [0.2, 0.25) is 0 Å². The van der Waals surface area contributed by atoms with E-state index in [0.717, 1.165) is 31.0 Å². The van der Waals surface area contributed by atoms with Crippen molar-refractivity contribution in [1.29, 1.82) is 0 Å². The van der Waals surface area contributed by atoms with Crippen molar-refractivity contribution < 1.29 is 9.53 Å². The normalized spacial score (nSPS) is 19.5. The van der Waals surface area contributed by atoms with Gasteiger partial charge in [0.15, 0.2) is 5.75 Å². The number of nitrogens with zero attached hydrogens (tertiary/aromatic N) is 1. The number of nitrogens with one attached hydrogen (secondary N) is 3. The molecule has 2 aromatic rings. The second-order valence-electron chi connectivity index (χ2n) is 4.41. The molecule has 0 radical (unpaired) electrons. The Morgan fingerprint density at radius 2 is 2.32 bits per heavy atom. The predicted octanol–water partition coefficient (Wildman–Crippen LogP) is 0.254. The fourth-order valence-electron chi connectivity index (χ4n) is 2.23. The van der Waals surface area contributed by atoms with Gasteiger partial charge in [-0.3, -0.25) is 0 Å². The fourth-order valence-corrected chi connectivity index (χ4v) is 2.23. The van der Waals surface area contributed by atoms with E-state index in [2.05, 4.69) is 20.6 Å². The summed E-state index contributed by atoms with van der Waals surface area (Å²) in [5, 5.41) is 6.66. The van der Waals surface area contributed by atoms with Crippen molar-refractivity contribution in [2.24, 2.45) is 5.73 Å². The summed E-state index contributed by atoms with van der Waals surface area (Å²) in [6.45, 7) is 2.66. The van der Waals surface area contributed by atoms with E-state index < -0.39 is 6.09 Å². The minimum absolute atomic E-state index is 0.127. The number of piperazine rings is 1. The summed E-state index contributed by atoms with van der Waals surface area (Å²) in [5.41, 5.74) is 6.48. The third-order valence-electron chi connectivity index (χ3n) is 3.08. The molecule has 1 aromatic carbocycles. The summed E-state index contributed by atoms with van der Waals surface area (Å²) in [6.07, 6.45) is -0.838. The molecule has 1 fully saturated rings. The fraction of sp³-hybridized carbons (Fsp3) is 0.333. The lowest BCUT2D eigenvalue weighted by Crippen LogP contribution is -2.43. The molecule has 7 heteroatoms. The zero-order valence-corrected chi connectivity index (χ0v) is 10.3. The molecule has 1 unspecified atom stereocenters. The molecule has 1 amide bonds. The maximum atomic E-state index is 10.9. The lowest BCUT2D eigenvalue weighted by Gasteiger charge is -2.22. The monoisotopic (exact) mass is 261 g/mol. The number of ether oxygens (including phenoxy) is 1. The van der Waals surface area contributed by atoms with Crippen LogP contribution in [-0.2, 0) is 0 Å². The van der Waals surface area contributed by atoms with E-state index >= 15 is 0 Å². The number of carbonyl (C=O) groups excluding carboxylic acids is 1. The Kier molecular flexibility index (Phi) is 3.06. The second kappa shape index (κ2) is 4.87. The first-order chi connectivity index (χ1) is 9.24. The predicted molar refractivity (Wildman–Crippen MR) is 69.9 cm³/mol. The molecule has 1 aliphatic rings. The molecule has 0 bridgehead atoms. The largest absolute Gasteiger partial charge is 0.410 e. The van der Waals surface area contributed by atoms with Crippen LogP contribution in [0.4, 0.5) is 4.79 Å². The number of benzene rings is 1. The third-order valence-corrected chi connectivity index (χ3v) is 3.08. The topological polar surface area (TPSA) is 105 Å². The molecule has 0 spiro atoms. The molecule has 7 nitrogen and oxygen atoms in total. The van der Waals surface area contributed by atoms with E-state index in [0.29, 0.717) is 11.3 Å². The molecular weight excluding hydrogens is 246 g/mol. The highest BCUT2D eigenvalue weighted by Crippen LogP contribution is 2.25. The molecule has 2 heterocycles. The van der Waals surface area contributed by atoms with Crippen LogP contribution in [0, 0.1) is 0 Å². The van der Waals surface area contributed by atoms with E-state index in [1.54, 1.807) is 12.1 Å². The van der Waals surface area contributed by atoms with E-state index in [4.69, 9.17) is 10.5 Å². The van der Waals surface area contributed by atoms with Gasteiger partial charge in [-0.05, 0) is 12.1 Å². The number of fused-ring (bicyclic) bond motifs is 1. The summed E-state index contributed by atoms with van der Waals surface area (Å²) in [5.74, 6) is 1.19. The number of para-hydroxylation sites is 1. The minimum atomic E-state index is -0.838. The number of hydrogen-bond acceptors (Lipinski definition) is 5. The molecule has 0 aliphatic carbocycles. The van der Waals surface area contributed by atoms with Crippen LogP contribution in [0.25, 0.3) is 11.0 Å². The third kappa shape index (κ3) is 2.38. The molecule has 1 aromatic heterocycles. The van der Waals surface area contributed by atoms with Gasteiger partial charge in [-0.1, -0.05) is 6.07 Å². The zero-order valence-electron chi connectivity index (χ0n) is 10.3. The number of carbonyl (C=O) groups is 1. The molecule has 1 aliphatic heterocycles. The van der Waals surface area contributed by atoms with E-state index in [-0.39, 0.29) is 6.04 Å². The van der Waals surface area contributed by atoms with E-state index in [9.17, 15) is 4.79 Å². The molecule has 5 N–H and O–H groups in total. The van der Waals surface area contributed by atoms with Gasteiger partial charge in [0.1, 0.15) is 11.3 Å². The number of imidazole rings is 1. The SMILES string of the molecule is NC(=O)Oc1cccc2[nH]c(C3CNCCN3)nc12. The minimum Gasteiger partial charge on any atom is -0.408 e. The van der Waals surface area contributed by atoms with Crippen LogP contribution in [0.2, 0.25) is 0 Å². The highest BCUT2D eigenvalue weighted by Gasteiger charge is 2.19. The van der Waals surface area contributed by atoms with Gasteiger partial charge in [-0.25, -0.2) is 9.78 Å². The molecule has 100 valence electrons. The van der Waals surface area contributed by atoms with Crippen LogP contribution in [0.3, 0.4) is 0 Å². The lowest BCUT2D eigenvalue weighted by atomic mass is 10.2. The standard InChI is InChI=1S/C12H15N5O2/c13-12(18)19-9-3-1-2-7-10(9)17-11(16-7)8-6-14-4-5-15-8/h1-3,8,14-15H,4-6H2,(H2,13,18)(H,16,17). The quantitative estimate of drug-likeness (QED) is 0.620. The zero-order chi connectivity index (χ0) is 13.2. The Hall–Kier alpha value is -2.12. The molecular formula is C12H15N5O2. The summed E-state index contributed by atoms with van der Waals surface area (Å²) < 4.78 is 4.95. The first-order valence-electron chi connectivity index (χ1n) is 6.14. The van der Waals surface area contributed by atoms with Crippen LogP contribution in [-0.4, -0.2) is 35.7 Å². The van der Waals surface area contributed by atoms with Gasteiger partial charge in [0.25, 0.3) is 0 Å². The van der Waals surface area contributed by atoms with Gasteiger partial charge in [-0.2, -0.15) is 0 Å². The van der Waals surface area contributed by atoms with Crippen molar-refractivity contribution in [3.63, 3.8) is 0 Å². The number of H-pyrrole nitrogens is 1. The second-order valence-corrected chi connectivity index (χ2v) is 4.41. The lowest BCUT2D eigenvalue weighted by molar-refractivity contribution is 0.211. The Bertz CT molecular complexity index is 603. The van der Waals surface area contributed by atoms with Gasteiger partial charge in [0.05, 0.1) is 11.6 Å². The van der Waals surface area contributed by atoms with Gasteiger partial charge in [0, 0.05) is 19.6 Å². The number of primary amides is 1. The van der Waals surface area contributed by atoms with Crippen molar-refractivity contribution in [2.75, 3.05) is 19.6 Å². The van der Waals surface area contributed by atoms with E-state index in [1.165, 1.54) is 0 Å². The molecule has 3 rings (SSSR count). The number of nitrogens with two attached hydrogens (primary N) is 1. The average Bonchev–Trinajstić information content (AvgIpc) is 2.84. The first kappa shape index (κ1) is 11.9. The van der Waals surface area contributed by atoms with Gasteiger partial charge < -0.3 is 26.1 Å². The number of aromatic nitrogens is 2. The summed E-state index contributed by atoms with van der Waals surface area (Å²) in [4.78, 5) is 18.6. The Balaban J connectivity index is 1.97. The van der Waals surface area contributed by atoms with E-state index in [1.807, 2.05) is 6.07 Å². The summed E-state index contributed by atoms with van der Waals surface area (Å²) in [6, 6.07) is 5.47. The Morgan fingerprint density at radius 3 is 3.05 bits per heavy atom. The Morgan fingerprint density at radius 1 is 1.42 bits per heavy atom. The van der Waals surface area contributed by atoms with Crippen LogP contribution >= 0.6 is 0 Å². The van der Waals surface area contributed by atoms with Gasteiger partial charge >= 0.3 is 6.09 Å². The number of amides is 1.